The Balaban J connectivity index is 1.34. The molecule has 1 aromatic heterocycles. The van der Waals surface area contributed by atoms with Crippen molar-refractivity contribution >= 4 is 11.7 Å². The van der Waals surface area contributed by atoms with Crippen LogP contribution < -0.4 is 15.0 Å². The van der Waals surface area contributed by atoms with Gasteiger partial charge in [0, 0.05) is 30.8 Å². The maximum absolute atomic E-state index is 12.3. The Hall–Kier alpha value is -3.28. The number of nitrogens with zero attached hydrogens (tertiary/aromatic N) is 2. The van der Waals surface area contributed by atoms with Crippen LogP contribution in [0.3, 0.4) is 0 Å². The Morgan fingerprint density at radius 3 is 2.50 bits per heavy atom. The normalized spacial score (nSPS) is 14.7. The molecule has 2 heterocycles. The maximum Gasteiger partial charge on any atom is 0.251 e. The zero-order valence-electron chi connectivity index (χ0n) is 15.9. The van der Waals surface area contributed by atoms with Crippen LogP contribution in [0.15, 0.2) is 60.7 Å². The van der Waals surface area contributed by atoms with Crippen LogP contribution >= 0.6 is 0 Å². The van der Waals surface area contributed by atoms with E-state index in [1.807, 2.05) is 54.6 Å². The number of carbonyl (C=O) groups excluding carboxylic acids is 1. The van der Waals surface area contributed by atoms with Crippen molar-refractivity contribution in [3.8, 4) is 17.0 Å². The first kappa shape index (κ1) is 18.1. The van der Waals surface area contributed by atoms with E-state index in [1.165, 1.54) is 0 Å². The molecule has 0 spiro atoms. The Morgan fingerprint density at radius 2 is 1.82 bits per heavy atom. The fraction of sp³-hybridized carbons (Fsp3) is 0.273. The summed E-state index contributed by atoms with van der Waals surface area (Å²) in [6.45, 7) is 1.74. The summed E-state index contributed by atoms with van der Waals surface area (Å²) in [7, 11) is 1.66. The van der Waals surface area contributed by atoms with E-state index in [0.717, 1.165) is 48.8 Å². The van der Waals surface area contributed by atoms with Gasteiger partial charge in [0.15, 0.2) is 5.82 Å². The fourth-order valence-corrected chi connectivity index (χ4v) is 3.50. The molecule has 0 saturated carbocycles. The van der Waals surface area contributed by atoms with Gasteiger partial charge in [0.2, 0.25) is 0 Å². The average Bonchev–Trinajstić information content (AvgIpc) is 3.25. The van der Waals surface area contributed by atoms with Gasteiger partial charge in [-0.25, -0.2) is 0 Å². The van der Waals surface area contributed by atoms with Gasteiger partial charge in [-0.1, -0.05) is 18.2 Å². The van der Waals surface area contributed by atoms with Gasteiger partial charge in [0.05, 0.1) is 12.8 Å². The minimum atomic E-state index is 0.000566. The standard InChI is InChI=1S/C22H24N4O2/c1-28-19-9-7-16(8-10-19)20-15-21(25-24-20)26-13-11-18(12-14-26)23-22(27)17-5-3-2-4-6-17/h2-10,15,18H,11-14H2,1H3,(H,23,27)(H,24,25). The second-order valence-corrected chi connectivity index (χ2v) is 6.97. The molecule has 144 valence electrons. The van der Waals surface area contributed by atoms with Crippen molar-refractivity contribution in [3.05, 3.63) is 66.2 Å². The van der Waals surface area contributed by atoms with Crippen LogP contribution in [-0.4, -0.2) is 42.3 Å². The lowest BCUT2D eigenvalue weighted by Gasteiger charge is -2.32. The number of aromatic amines is 1. The van der Waals surface area contributed by atoms with E-state index in [4.69, 9.17) is 4.74 Å². The molecule has 0 aliphatic carbocycles. The first-order chi connectivity index (χ1) is 13.7. The van der Waals surface area contributed by atoms with Crippen molar-refractivity contribution in [3.63, 3.8) is 0 Å². The monoisotopic (exact) mass is 376 g/mol. The molecular formula is C22H24N4O2. The smallest absolute Gasteiger partial charge is 0.251 e. The summed E-state index contributed by atoms with van der Waals surface area (Å²) in [6.07, 6.45) is 1.81. The van der Waals surface area contributed by atoms with Gasteiger partial charge in [-0.3, -0.25) is 9.89 Å². The maximum atomic E-state index is 12.3. The average molecular weight is 376 g/mol. The summed E-state index contributed by atoms with van der Waals surface area (Å²) in [5.41, 5.74) is 2.77. The highest BCUT2D eigenvalue weighted by atomic mass is 16.5. The Labute approximate surface area is 164 Å². The highest BCUT2D eigenvalue weighted by molar-refractivity contribution is 5.94. The molecule has 3 aromatic rings. The van der Waals surface area contributed by atoms with Gasteiger partial charge in [-0.2, -0.15) is 5.10 Å². The lowest BCUT2D eigenvalue weighted by Crippen LogP contribution is -2.44. The quantitative estimate of drug-likeness (QED) is 0.715. The highest BCUT2D eigenvalue weighted by Gasteiger charge is 2.22. The van der Waals surface area contributed by atoms with E-state index in [9.17, 15) is 4.79 Å². The molecule has 1 saturated heterocycles. The van der Waals surface area contributed by atoms with Crippen molar-refractivity contribution in [2.24, 2.45) is 0 Å². The number of ether oxygens (including phenoxy) is 1. The van der Waals surface area contributed by atoms with Gasteiger partial charge in [-0.15, -0.1) is 0 Å². The number of nitrogens with one attached hydrogen (secondary N) is 2. The number of benzene rings is 2. The van der Waals surface area contributed by atoms with Gasteiger partial charge in [-0.05, 0) is 54.8 Å². The van der Waals surface area contributed by atoms with Crippen LogP contribution in [-0.2, 0) is 0 Å². The highest BCUT2D eigenvalue weighted by Crippen LogP contribution is 2.25. The van der Waals surface area contributed by atoms with Crippen molar-refractivity contribution in [1.82, 2.24) is 15.5 Å². The Morgan fingerprint density at radius 1 is 1.11 bits per heavy atom. The van der Waals surface area contributed by atoms with Crippen LogP contribution in [0.5, 0.6) is 5.75 Å². The summed E-state index contributed by atoms with van der Waals surface area (Å²) < 4.78 is 5.21. The number of methoxy groups -OCH3 is 1. The number of anilines is 1. The zero-order valence-corrected chi connectivity index (χ0v) is 15.9. The lowest BCUT2D eigenvalue weighted by atomic mass is 10.0. The molecule has 0 radical (unpaired) electrons. The molecule has 1 amide bonds. The summed E-state index contributed by atoms with van der Waals surface area (Å²) in [4.78, 5) is 14.6. The molecule has 2 N–H and O–H groups in total. The lowest BCUT2D eigenvalue weighted by molar-refractivity contribution is 0.0931. The summed E-state index contributed by atoms with van der Waals surface area (Å²) in [6, 6.07) is 19.6. The molecule has 6 nitrogen and oxygen atoms in total. The second-order valence-electron chi connectivity index (χ2n) is 6.97. The van der Waals surface area contributed by atoms with Crippen LogP contribution in [0.1, 0.15) is 23.2 Å². The summed E-state index contributed by atoms with van der Waals surface area (Å²) in [5, 5.41) is 10.7. The molecule has 1 fully saturated rings. The number of piperidine rings is 1. The van der Waals surface area contributed by atoms with Gasteiger partial charge >= 0.3 is 0 Å². The number of carbonyl (C=O) groups is 1. The zero-order chi connectivity index (χ0) is 19.3. The van der Waals surface area contributed by atoms with Crippen molar-refractivity contribution in [2.75, 3.05) is 25.1 Å². The minimum Gasteiger partial charge on any atom is -0.497 e. The fourth-order valence-electron chi connectivity index (χ4n) is 3.50. The number of amides is 1. The molecule has 4 rings (SSSR count). The molecular weight excluding hydrogens is 352 g/mol. The summed E-state index contributed by atoms with van der Waals surface area (Å²) in [5.74, 6) is 1.78. The SMILES string of the molecule is COc1ccc(-c2cc(N3CCC(NC(=O)c4ccccc4)CC3)n[nH]2)cc1. The third-order valence-electron chi connectivity index (χ3n) is 5.16. The topological polar surface area (TPSA) is 70.2 Å². The first-order valence-electron chi connectivity index (χ1n) is 9.53. The molecule has 0 bridgehead atoms. The van der Waals surface area contributed by atoms with Gasteiger partial charge < -0.3 is 15.0 Å². The third-order valence-corrected chi connectivity index (χ3v) is 5.16. The number of rotatable bonds is 5. The van der Waals surface area contributed by atoms with Crippen LogP contribution in [0, 0.1) is 0 Å². The molecule has 1 aliphatic heterocycles. The van der Waals surface area contributed by atoms with Gasteiger partial charge in [0.1, 0.15) is 5.75 Å². The molecule has 0 atom stereocenters. The van der Waals surface area contributed by atoms with Crippen molar-refractivity contribution in [1.29, 1.82) is 0 Å². The van der Waals surface area contributed by atoms with E-state index >= 15 is 0 Å². The number of aromatic nitrogens is 2. The number of hydrogen-bond donors (Lipinski definition) is 2. The van der Waals surface area contributed by atoms with E-state index in [2.05, 4.69) is 26.5 Å². The molecule has 28 heavy (non-hydrogen) atoms. The number of H-pyrrole nitrogens is 1. The van der Waals surface area contributed by atoms with E-state index < -0.39 is 0 Å². The van der Waals surface area contributed by atoms with E-state index in [-0.39, 0.29) is 11.9 Å². The summed E-state index contributed by atoms with van der Waals surface area (Å²) >= 11 is 0. The first-order valence-corrected chi connectivity index (χ1v) is 9.53. The molecule has 0 unspecified atom stereocenters. The predicted molar refractivity (Wildman–Crippen MR) is 110 cm³/mol. The Bertz CT molecular complexity index is 913. The van der Waals surface area contributed by atoms with E-state index in [0.29, 0.717) is 5.56 Å². The molecule has 6 heteroatoms. The van der Waals surface area contributed by atoms with Crippen molar-refractivity contribution < 1.29 is 9.53 Å². The Kier molecular flexibility index (Phi) is 5.28. The molecule has 2 aromatic carbocycles. The molecule has 1 aliphatic rings. The third kappa shape index (κ3) is 4.01. The second kappa shape index (κ2) is 8.17. The van der Waals surface area contributed by atoms with Crippen LogP contribution in [0.4, 0.5) is 5.82 Å². The van der Waals surface area contributed by atoms with Crippen molar-refractivity contribution in [2.45, 2.75) is 18.9 Å². The predicted octanol–water partition coefficient (Wildman–Crippen LogP) is 3.48. The van der Waals surface area contributed by atoms with Crippen LogP contribution in [0.25, 0.3) is 11.3 Å². The largest absolute Gasteiger partial charge is 0.497 e. The number of hydrogen-bond acceptors (Lipinski definition) is 4. The van der Waals surface area contributed by atoms with E-state index in [1.54, 1.807) is 7.11 Å². The van der Waals surface area contributed by atoms with Gasteiger partial charge in [0.25, 0.3) is 5.91 Å². The van der Waals surface area contributed by atoms with Crippen LogP contribution in [0.2, 0.25) is 0 Å². The minimum absolute atomic E-state index is 0.000566.